The number of sulfonamides is 2. The van der Waals surface area contributed by atoms with Crippen molar-refractivity contribution in [1.82, 2.24) is 9.21 Å². The number of ether oxygens (including phenoxy) is 2. The summed E-state index contributed by atoms with van der Waals surface area (Å²) in [5.74, 6) is -1.20. The number of benzene rings is 3. The zero-order chi connectivity index (χ0) is 35.9. The first-order valence-electron chi connectivity index (χ1n) is 16.3. The number of aryl methyl sites for hydroxylation is 1. The molecule has 3 aromatic rings. The smallest absolute Gasteiger partial charge is 0.261 e. The van der Waals surface area contributed by atoms with Crippen LogP contribution in [0.25, 0.3) is 0 Å². The predicted octanol–water partition coefficient (Wildman–Crippen LogP) is 5.05. The van der Waals surface area contributed by atoms with Crippen LogP contribution < -0.4 is 9.46 Å². The topological polar surface area (TPSA) is 143 Å². The van der Waals surface area contributed by atoms with Gasteiger partial charge in [0.2, 0.25) is 10.0 Å². The highest BCUT2D eigenvalue weighted by Crippen LogP contribution is 2.30. The third-order valence-corrected chi connectivity index (χ3v) is 11.8. The molecule has 0 spiro atoms. The van der Waals surface area contributed by atoms with E-state index in [0.717, 1.165) is 28.4 Å². The molecule has 1 aliphatic heterocycles. The number of carbonyl (C=O) groups is 1. The molecular weight excluding hydrogens is 674 g/mol. The number of hydrogen-bond donors (Lipinski definition) is 2. The molecule has 268 valence electrons. The van der Waals surface area contributed by atoms with E-state index in [-0.39, 0.29) is 52.6 Å². The monoisotopic (exact) mass is 719 g/mol. The molecule has 4 rings (SSSR count). The van der Waals surface area contributed by atoms with Crippen molar-refractivity contribution in [2.75, 3.05) is 38.1 Å². The van der Waals surface area contributed by atoms with Gasteiger partial charge in [-0.15, -0.1) is 0 Å². The molecule has 49 heavy (non-hydrogen) atoms. The van der Waals surface area contributed by atoms with E-state index in [1.807, 2.05) is 20.8 Å². The second-order valence-corrected chi connectivity index (χ2v) is 16.4. The van der Waals surface area contributed by atoms with Gasteiger partial charge in [0.05, 0.1) is 40.2 Å². The van der Waals surface area contributed by atoms with Gasteiger partial charge < -0.3 is 19.5 Å². The number of amides is 1. The molecule has 14 heteroatoms. The standard InChI is InChI=1S/C35H46FN3O8S2/c1-24-9-14-30(15-10-24)48(42,43)37-29-13-18-33-32(20-29)35(41)39(26(3)23-40)21-25(2)34(46-19-7-6-8-27(4)47-33)22-38(5)49(44,45)31-16-11-28(36)12-17-31/h9-18,20,25-27,34,37,40H,6-8,19,21-23H2,1-5H3/t25-,26-,27+,34+/m1/s1. The number of rotatable bonds is 9. The molecule has 0 saturated carbocycles. The Labute approximate surface area is 289 Å². The Morgan fingerprint density at radius 3 is 2.31 bits per heavy atom. The number of likely N-dealkylation sites (N-methyl/N-ethyl adjacent to an activating group) is 1. The first kappa shape index (κ1) is 38.2. The summed E-state index contributed by atoms with van der Waals surface area (Å²) in [5.41, 5.74) is 1.17. The number of nitrogens with one attached hydrogen (secondary N) is 1. The Balaban J connectivity index is 1.67. The number of anilines is 1. The van der Waals surface area contributed by atoms with Crippen LogP contribution in [0.2, 0.25) is 0 Å². The fourth-order valence-electron chi connectivity index (χ4n) is 5.52. The van der Waals surface area contributed by atoms with Crippen LogP contribution in [0, 0.1) is 18.7 Å². The number of aliphatic hydroxyl groups excluding tert-OH is 1. The average molecular weight is 720 g/mol. The van der Waals surface area contributed by atoms with Gasteiger partial charge in [0.15, 0.2) is 0 Å². The lowest BCUT2D eigenvalue weighted by Gasteiger charge is -2.35. The van der Waals surface area contributed by atoms with E-state index in [0.29, 0.717) is 19.4 Å². The van der Waals surface area contributed by atoms with Crippen LogP contribution in [0.3, 0.4) is 0 Å². The van der Waals surface area contributed by atoms with Crippen LogP contribution in [0.15, 0.2) is 76.5 Å². The van der Waals surface area contributed by atoms with Crippen LogP contribution in [0.4, 0.5) is 10.1 Å². The lowest BCUT2D eigenvalue weighted by atomic mass is 10.0. The van der Waals surface area contributed by atoms with E-state index in [4.69, 9.17) is 9.47 Å². The molecule has 0 aromatic heterocycles. The summed E-state index contributed by atoms with van der Waals surface area (Å²) in [6, 6.07) is 14.8. The van der Waals surface area contributed by atoms with E-state index < -0.39 is 49.8 Å². The Kier molecular flexibility index (Phi) is 12.8. The first-order valence-corrected chi connectivity index (χ1v) is 19.2. The lowest BCUT2D eigenvalue weighted by Crippen LogP contribution is -2.48. The Hall–Kier alpha value is -3.56. The number of carbonyl (C=O) groups excluding carboxylic acids is 1. The normalized spacial score (nSPS) is 20.6. The van der Waals surface area contributed by atoms with E-state index in [1.165, 1.54) is 48.3 Å². The second-order valence-electron chi connectivity index (χ2n) is 12.7. The van der Waals surface area contributed by atoms with Gasteiger partial charge in [-0.25, -0.2) is 21.2 Å². The molecular formula is C35H46FN3O8S2. The van der Waals surface area contributed by atoms with Gasteiger partial charge in [-0.3, -0.25) is 9.52 Å². The Bertz CT molecular complexity index is 1790. The molecule has 0 fully saturated rings. The van der Waals surface area contributed by atoms with Crippen LogP contribution in [-0.2, 0) is 24.8 Å². The van der Waals surface area contributed by atoms with Crippen molar-refractivity contribution in [3.63, 3.8) is 0 Å². The highest BCUT2D eigenvalue weighted by molar-refractivity contribution is 7.92. The van der Waals surface area contributed by atoms with Crippen LogP contribution in [0.5, 0.6) is 5.75 Å². The van der Waals surface area contributed by atoms with Gasteiger partial charge in [-0.05, 0) is 94.6 Å². The second kappa shape index (κ2) is 16.4. The average Bonchev–Trinajstić information content (AvgIpc) is 3.06. The molecule has 0 unspecified atom stereocenters. The van der Waals surface area contributed by atoms with Gasteiger partial charge in [0.25, 0.3) is 15.9 Å². The number of nitrogens with zero attached hydrogens (tertiary/aromatic N) is 2. The predicted molar refractivity (Wildman–Crippen MR) is 185 cm³/mol. The minimum absolute atomic E-state index is 0.0442. The SMILES string of the molecule is Cc1ccc(S(=O)(=O)Nc2ccc3c(c2)C(=O)N([C@H](C)CO)C[C@@H](C)[C@H](CN(C)S(=O)(=O)c2ccc(F)cc2)OCCCC[C@H](C)O3)cc1. The minimum Gasteiger partial charge on any atom is -0.490 e. The van der Waals surface area contributed by atoms with Crippen molar-refractivity contribution in [3.05, 3.63) is 83.7 Å². The number of fused-ring (bicyclic) bond motifs is 1. The van der Waals surface area contributed by atoms with Crippen LogP contribution in [0.1, 0.15) is 56.0 Å². The fourth-order valence-corrected chi connectivity index (χ4v) is 7.75. The summed E-state index contributed by atoms with van der Waals surface area (Å²) >= 11 is 0. The summed E-state index contributed by atoms with van der Waals surface area (Å²) in [7, 11) is -6.53. The number of aliphatic hydroxyl groups is 1. The summed E-state index contributed by atoms with van der Waals surface area (Å²) in [5, 5.41) is 10.2. The minimum atomic E-state index is -3.98. The molecule has 0 saturated heterocycles. The maximum absolute atomic E-state index is 14.4. The molecule has 2 N–H and O–H groups in total. The van der Waals surface area contributed by atoms with Crippen molar-refractivity contribution < 1.29 is 40.6 Å². The van der Waals surface area contributed by atoms with Crippen LogP contribution >= 0.6 is 0 Å². The molecule has 0 aliphatic carbocycles. The fraction of sp³-hybridized carbons (Fsp3) is 0.457. The summed E-state index contributed by atoms with van der Waals surface area (Å²) < 4.78 is 82.8. The molecule has 1 amide bonds. The Morgan fingerprint density at radius 2 is 1.65 bits per heavy atom. The van der Waals surface area contributed by atoms with Gasteiger partial charge in [-0.2, -0.15) is 4.31 Å². The van der Waals surface area contributed by atoms with Gasteiger partial charge >= 0.3 is 0 Å². The zero-order valence-corrected chi connectivity index (χ0v) is 30.1. The highest BCUT2D eigenvalue weighted by Gasteiger charge is 2.32. The number of halogens is 1. The molecule has 4 atom stereocenters. The summed E-state index contributed by atoms with van der Waals surface area (Å²) in [6.07, 6.45) is 1.10. The van der Waals surface area contributed by atoms with E-state index in [9.17, 15) is 31.1 Å². The maximum Gasteiger partial charge on any atom is 0.261 e. The Morgan fingerprint density at radius 1 is 1.00 bits per heavy atom. The molecule has 3 aromatic carbocycles. The maximum atomic E-state index is 14.4. The summed E-state index contributed by atoms with van der Waals surface area (Å²) in [6.45, 7) is 7.26. The lowest BCUT2D eigenvalue weighted by molar-refractivity contribution is -0.00834. The van der Waals surface area contributed by atoms with Crippen molar-refractivity contribution in [3.8, 4) is 5.75 Å². The molecule has 1 heterocycles. The van der Waals surface area contributed by atoms with Crippen LogP contribution in [-0.4, -0.2) is 88.7 Å². The van der Waals surface area contributed by atoms with Crippen molar-refractivity contribution in [2.45, 2.75) is 75.0 Å². The highest BCUT2D eigenvalue weighted by atomic mass is 32.2. The third kappa shape index (κ3) is 9.79. The van der Waals surface area contributed by atoms with Gasteiger partial charge in [-0.1, -0.05) is 24.6 Å². The number of hydrogen-bond acceptors (Lipinski definition) is 8. The van der Waals surface area contributed by atoms with Crippen molar-refractivity contribution in [1.29, 1.82) is 0 Å². The van der Waals surface area contributed by atoms with E-state index in [2.05, 4.69) is 4.72 Å². The molecule has 0 radical (unpaired) electrons. The molecule has 0 bridgehead atoms. The third-order valence-electron chi connectivity index (χ3n) is 8.59. The largest absolute Gasteiger partial charge is 0.490 e. The summed E-state index contributed by atoms with van der Waals surface area (Å²) in [4.78, 5) is 15.8. The molecule has 1 aliphatic rings. The quantitative estimate of drug-likeness (QED) is 0.313. The van der Waals surface area contributed by atoms with Crippen molar-refractivity contribution >= 4 is 31.6 Å². The van der Waals surface area contributed by atoms with E-state index >= 15 is 0 Å². The van der Waals surface area contributed by atoms with E-state index in [1.54, 1.807) is 25.1 Å². The first-order chi connectivity index (χ1) is 23.1. The van der Waals surface area contributed by atoms with Gasteiger partial charge in [0, 0.05) is 38.3 Å². The zero-order valence-electron chi connectivity index (χ0n) is 28.5. The van der Waals surface area contributed by atoms with Gasteiger partial charge in [0.1, 0.15) is 11.6 Å². The van der Waals surface area contributed by atoms with Crippen molar-refractivity contribution in [2.24, 2.45) is 5.92 Å². The molecule has 11 nitrogen and oxygen atoms in total.